The molecule has 0 aromatic carbocycles. The summed E-state index contributed by atoms with van der Waals surface area (Å²) in [5, 5.41) is 0. The Kier molecular flexibility index (Phi) is 2.08. The minimum Gasteiger partial charge on any atom is -0.372 e. The summed E-state index contributed by atoms with van der Waals surface area (Å²) < 4.78 is 5.22. The third-order valence-corrected chi connectivity index (χ3v) is 2.14. The second-order valence-corrected chi connectivity index (χ2v) is 2.94. The van der Waals surface area contributed by atoms with Crippen LogP contribution >= 0.6 is 0 Å². The van der Waals surface area contributed by atoms with Crippen molar-refractivity contribution in [2.45, 2.75) is 13.2 Å². The molecule has 1 aromatic heterocycles. The highest BCUT2D eigenvalue weighted by Crippen LogP contribution is 2.22. The number of fused-ring (bicyclic) bond motifs is 1. The van der Waals surface area contributed by atoms with Gasteiger partial charge in [-0.25, -0.2) is 0 Å². The van der Waals surface area contributed by atoms with Gasteiger partial charge < -0.3 is 10.5 Å². The van der Waals surface area contributed by atoms with Crippen LogP contribution in [0.1, 0.15) is 21.5 Å². The second kappa shape index (κ2) is 3.24. The van der Waals surface area contributed by atoms with Crippen molar-refractivity contribution in [3.8, 4) is 0 Å². The molecule has 0 fully saturated rings. The number of hydrogen-bond acceptors (Lipinski definition) is 4. The molecule has 2 rings (SSSR count). The van der Waals surface area contributed by atoms with Crippen LogP contribution in [0.2, 0.25) is 0 Å². The van der Waals surface area contributed by atoms with E-state index in [-0.39, 0.29) is 12.3 Å². The van der Waals surface area contributed by atoms with Crippen molar-refractivity contribution in [1.29, 1.82) is 0 Å². The van der Waals surface area contributed by atoms with Crippen LogP contribution in [0.3, 0.4) is 0 Å². The molecule has 68 valence electrons. The van der Waals surface area contributed by atoms with E-state index in [4.69, 9.17) is 10.5 Å². The zero-order chi connectivity index (χ0) is 9.26. The average Bonchev–Trinajstić information content (AvgIpc) is 2.63. The summed E-state index contributed by atoms with van der Waals surface area (Å²) >= 11 is 0. The lowest BCUT2D eigenvalue weighted by atomic mass is 10.0. The van der Waals surface area contributed by atoms with Crippen LogP contribution in [0.25, 0.3) is 0 Å². The molecule has 0 radical (unpaired) electrons. The largest absolute Gasteiger partial charge is 0.372 e. The van der Waals surface area contributed by atoms with E-state index in [0.717, 1.165) is 11.1 Å². The van der Waals surface area contributed by atoms with Crippen molar-refractivity contribution in [2.24, 2.45) is 5.73 Å². The maximum atomic E-state index is 11.4. The Morgan fingerprint density at radius 2 is 2.38 bits per heavy atom. The van der Waals surface area contributed by atoms with Crippen molar-refractivity contribution < 1.29 is 9.53 Å². The molecule has 4 heteroatoms. The average molecular weight is 178 g/mol. The zero-order valence-electron chi connectivity index (χ0n) is 7.12. The molecule has 2 N–H and O–H groups in total. The van der Waals surface area contributed by atoms with Gasteiger partial charge >= 0.3 is 0 Å². The molecule has 0 spiro atoms. The van der Waals surface area contributed by atoms with E-state index in [0.29, 0.717) is 18.8 Å². The predicted octanol–water partition coefficient (Wildman–Crippen LogP) is 0.253. The topological polar surface area (TPSA) is 65.2 Å². The first-order chi connectivity index (χ1) is 6.33. The van der Waals surface area contributed by atoms with Crippen LogP contribution in [0.5, 0.6) is 0 Å². The molecule has 0 unspecified atom stereocenters. The Morgan fingerprint density at radius 1 is 1.54 bits per heavy atom. The number of pyridine rings is 1. The smallest absolute Gasteiger partial charge is 0.178 e. The molecule has 1 aliphatic heterocycles. The van der Waals surface area contributed by atoms with Crippen molar-refractivity contribution in [2.75, 3.05) is 6.54 Å². The van der Waals surface area contributed by atoms with Gasteiger partial charge in [0.25, 0.3) is 0 Å². The lowest BCUT2D eigenvalue weighted by molar-refractivity contribution is 0.0995. The first-order valence-electron chi connectivity index (χ1n) is 4.09. The van der Waals surface area contributed by atoms with Crippen molar-refractivity contribution in [3.63, 3.8) is 0 Å². The number of hydrogen-bond donors (Lipinski definition) is 1. The number of aromatic nitrogens is 1. The lowest BCUT2D eigenvalue weighted by Gasteiger charge is -2.02. The molecule has 0 saturated heterocycles. The highest BCUT2D eigenvalue weighted by Gasteiger charge is 2.18. The molecule has 13 heavy (non-hydrogen) atoms. The van der Waals surface area contributed by atoms with Gasteiger partial charge in [-0.3, -0.25) is 9.78 Å². The van der Waals surface area contributed by atoms with Crippen LogP contribution in [0, 0.1) is 0 Å². The fourth-order valence-electron chi connectivity index (χ4n) is 1.44. The van der Waals surface area contributed by atoms with Crippen LogP contribution in [-0.4, -0.2) is 17.3 Å². The predicted molar refractivity (Wildman–Crippen MR) is 46.1 cm³/mol. The number of ether oxygens (including phenoxy) is 1. The van der Waals surface area contributed by atoms with Crippen LogP contribution < -0.4 is 5.73 Å². The molecule has 1 aliphatic rings. The first-order valence-corrected chi connectivity index (χ1v) is 4.09. The number of rotatable bonds is 2. The standard InChI is InChI=1S/C9H10N2O2/c10-1-9(12)7-3-11-2-6-4-13-5-8(6)7/h2-3H,1,4-5,10H2. The number of nitrogens with zero attached hydrogens (tertiary/aromatic N) is 1. The molecular weight excluding hydrogens is 168 g/mol. The number of carbonyl (C=O) groups is 1. The lowest BCUT2D eigenvalue weighted by Crippen LogP contribution is -2.15. The molecule has 1 aromatic rings. The van der Waals surface area contributed by atoms with Gasteiger partial charge in [0.1, 0.15) is 0 Å². The van der Waals surface area contributed by atoms with E-state index < -0.39 is 0 Å². The Balaban J connectivity index is 2.47. The van der Waals surface area contributed by atoms with Gasteiger partial charge in [-0.1, -0.05) is 0 Å². The third kappa shape index (κ3) is 1.34. The maximum Gasteiger partial charge on any atom is 0.178 e. The summed E-state index contributed by atoms with van der Waals surface area (Å²) in [5.41, 5.74) is 7.84. The molecule has 0 aliphatic carbocycles. The highest BCUT2D eigenvalue weighted by molar-refractivity contribution is 5.98. The van der Waals surface area contributed by atoms with Crippen LogP contribution in [0.15, 0.2) is 12.4 Å². The van der Waals surface area contributed by atoms with Gasteiger partial charge in [0, 0.05) is 23.5 Å². The van der Waals surface area contributed by atoms with Gasteiger partial charge in [0.15, 0.2) is 5.78 Å². The summed E-state index contributed by atoms with van der Waals surface area (Å²) in [6.07, 6.45) is 3.29. The minimum absolute atomic E-state index is 0.0259. The van der Waals surface area contributed by atoms with E-state index in [2.05, 4.69) is 4.98 Å². The van der Waals surface area contributed by atoms with Crippen molar-refractivity contribution in [3.05, 3.63) is 29.1 Å². The van der Waals surface area contributed by atoms with Gasteiger partial charge in [0.2, 0.25) is 0 Å². The van der Waals surface area contributed by atoms with Gasteiger partial charge in [-0.15, -0.1) is 0 Å². The summed E-state index contributed by atoms with van der Waals surface area (Å²) in [5.74, 6) is -0.0742. The van der Waals surface area contributed by atoms with Gasteiger partial charge in [-0.05, 0) is 5.56 Å². The Labute approximate surface area is 75.7 Å². The molecule has 0 amide bonds. The molecular formula is C9H10N2O2. The number of Topliss-reactive ketones (excluding diaryl/α,β-unsaturated/α-hetero) is 1. The van der Waals surface area contributed by atoms with Crippen molar-refractivity contribution in [1.82, 2.24) is 4.98 Å². The fraction of sp³-hybridized carbons (Fsp3) is 0.333. The zero-order valence-corrected chi connectivity index (χ0v) is 7.12. The Morgan fingerprint density at radius 3 is 3.15 bits per heavy atom. The molecule has 4 nitrogen and oxygen atoms in total. The van der Waals surface area contributed by atoms with Crippen LogP contribution in [-0.2, 0) is 18.0 Å². The first kappa shape index (κ1) is 8.34. The van der Waals surface area contributed by atoms with E-state index in [1.807, 2.05) is 0 Å². The van der Waals surface area contributed by atoms with Crippen LogP contribution in [0.4, 0.5) is 0 Å². The Bertz CT molecular complexity index is 349. The second-order valence-electron chi connectivity index (χ2n) is 2.94. The van der Waals surface area contributed by atoms with E-state index in [9.17, 15) is 4.79 Å². The Hall–Kier alpha value is -1.26. The SMILES string of the molecule is NCC(=O)c1cncc2c1COC2. The summed E-state index contributed by atoms with van der Waals surface area (Å²) in [6, 6.07) is 0. The molecule has 2 heterocycles. The molecule has 0 saturated carbocycles. The maximum absolute atomic E-state index is 11.4. The van der Waals surface area contributed by atoms with Gasteiger partial charge in [0.05, 0.1) is 19.8 Å². The summed E-state index contributed by atoms with van der Waals surface area (Å²) in [7, 11) is 0. The quantitative estimate of drug-likeness (QED) is 0.659. The number of nitrogens with two attached hydrogens (primary N) is 1. The summed E-state index contributed by atoms with van der Waals surface area (Å²) in [6.45, 7) is 1.07. The van der Waals surface area contributed by atoms with Crippen molar-refractivity contribution >= 4 is 5.78 Å². The third-order valence-electron chi connectivity index (χ3n) is 2.14. The molecule has 0 atom stereocenters. The monoisotopic (exact) mass is 178 g/mol. The number of ketones is 1. The molecule has 0 bridgehead atoms. The normalized spacial score (nSPS) is 14.2. The fourth-order valence-corrected chi connectivity index (χ4v) is 1.44. The van der Waals surface area contributed by atoms with Gasteiger partial charge in [-0.2, -0.15) is 0 Å². The summed E-state index contributed by atoms with van der Waals surface area (Å²) in [4.78, 5) is 15.3. The van der Waals surface area contributed by atoms with E-state index in [1.54, 1.807) is 12.4 Å². The van der Waals surface area contributed by atoms with E-state index in [1.165, 1.54) is 0 Å². The number of carbonyl (C=O) groups excluding carboxylic acids is 1. The minimum atomic E-state index is -0.0742. The highest BCUT2D eigenvalue weighted by atomic mass is 16.5. The van der Waals surface area contributed by atoms with E-state index >= 15 is 0 Å².